The van der Waals surface area contributed by atoms with Gasteiger partial charge in [-0.15, -0.1) is 11.8 Å². The van der Waals surface area contributed by atoms with Crippen LogP contribution in [-0.4, -0.2) is 25.5 Å². The van der Waals surface area contributed by atoms with Gasteiger partial charge >= 0.3 is 0 Å². The molecule has 0 unspecified atom stereocenters. The molecule has 0 N–H and O–H groups in total. The molecule has 8 atom stereocenters. The average Bonchev–Trinajstić information content (AvgIpc) is 3.18. The van der Waals surface area contributed by atoms with Gasteiger partial charge in [-0.2, -0.15) is 0 Å². The molecule has 5 rings (SSSR count). The van der Waals surface area contributed by atoms with Crippen LogP contribution < -0.4 is 0 Å². The van der Waals surface area contributed by atoms with Crippen molar-refractivity contribution in [3.05, 3.63) is 40.9 Å². The van der Waals surface area contributed by atoms with Gasteiger partial charge in [0.25, 0.3) is 0 Å². The Labute approximate surface area is 242 Å². The number of rotatable bonds is 5. The van der Waals surface area contributed by atoms with Crippen molar-refractivity contribution in [3.63, 3.8) is 0 Å². The maximum atomic E-state index is 12.7. The zero-order chi connectivity index (χ0) is 27.7. The first-order valence-electron chi connectivity index (χ1n) is 15.0. The second kappa shape index (κ2) is 10.1. The summed E-state index contributed by atoms with van der Waals surface area (Å²) in [6, 6.07) is 8.43. The molecule has 0 aliphatic heterocycles. The number of carbonyl (C=O) groups excluding carboxylic acids is 1. The van der Waals surface area contributed by atoms with E-state index in [1.54, 1.807) is 5.57 Å². The summed E-state index contributed by atoms with van der Waals surface area (Å²) in [5.41, 5.74) is 2.06. The van der Waals surface area contributed by atoms with E-state index in [0.29, 0.717) is 34.9 Å². The Bertz CT molecular complexity index is 1090. The average molecular weight is 573 g/mol. The molecule has 210 valence electrons. The van der Waals surface area contributed by atoms with Crippen molar-refractivity contribution in [3.8, 4) is 0 Å². The molecule has 0 aromatic heterocycles. The fraction of sp³-hybridized carbons (Fsp3) is 0.727. The van der Waals surface area contributed by atoms with E-state index in [9.17, 15) is 4.79 Å². The van der Waals surface area contributed by atoms with Gasteiger partial charge in [0.05, 0.1) is 0 Å². The summed E-state index contributed by atoms with van der Waals surface area (Å²) in [4.78, 5) is 14.0. The third kappa shape index (κ3) is 4.92. The van der Waals surface area contributed by atoms with E-state index in [0.717, 1.165) is 17.9 Å². The summed E-state index contributed by atoms with van der Waals surface area (Å²) >= 11 is 8.29. The molecule has 2 nitrogen and oxygen atoms in total. The Morgan fingerprint density at radius 1 is 1.03 bits per heavy atom. The van der Waals surface area contributed by atoms with Gasteiger partial charge in [-0.3, -0.25) is 4.79 Å². The van der Waals surface area contributed by atoms with Crippen molar-refractivity contribution < 1.29 is 9.22 Å². The maximum Gasteiger partial charge on any atom is 0.192 e. The highest BCUT2D eigenvalue weighted by Gasteiger charge is 2.61. The first-order valence-corrected chi connectivity index (χ1v) is 19.1. The number of ketones is 1. The summed E-state index contributed by atoms with van der Waals surface area (Å²) in [7, 11) is -1.81. The Kier molecular flexibility index (Phi) is 7.67. The van der Waals surface area contributed by atoms with Gasteiger partial charge in [-0.05, 0) is 123 Å². The van der Waals surface area contributed by atoms with E-state index in [4.69, 9.17) is 16.0 Å². The largest absolute Gasteiger partial charge is 0.414 e. The molecule has 1 aromatic carbocycles. The molecule has 38 heavy (non-hydrogen) atoms. The molecule has 0 saturated heterocycles. The third-order valence-electron chi connectivity index (χ3n) is 11.9. The zero-order valence-electron chi connectivity index (χ0n) is 24.9. The van der Waals surface area contributed by atoms with E-state index in [1.807, 2.05) is 30.8 Å². The topological polar surface area (TPSA) is 26.3 Å². The predicted molar refractivity (Wildman–Crippen MR) is 164 cm³/mol. The molecule has 0 amide bonds. The van der Waals surface area contributed by atoms with Crippen LogP contribution in [-0.2, 0) is 9.22 Å². The van der Waals surface area contributed by atoms with Crippen LogP contribution in [0, 0.1) is 34.5 Å². The molecule has 0 spiro atoms. The SMILES string of the molecule is CC(=O)[C@H]1CC[C@H]2[C@@H]3[C@@H](Sc4ccc(Cl)cc4)C=C4C[C@@H](O[Si](C)(C)C(C)(C)C)CC[C@]4(C)[C@H]3CC[C@]12C. The standard InChI is InChI=1S/C33H49ClO2SSi/c1-21(35)26-13-14-27-30-28(16-18-33(26,27)6)32(5)17-15-24(36-38(7,8)31(2,3)4)19-22(32)20-29(30)37-25-11-9-23(34)10-12-25/h9-12,20,24,26-30H,13-19H2,1-8H3/t24-,26+,27-,28-,29-,30-,32-,33+/m0/s1. The van der Waals surface area contributed by atoms with Crippen molar-refractivity contribution in [2.24, 2.45) is 34.5 Å². The Morgan fingerprint density at radius 2 is 1.71 bits per heavy atom. The maximum absolute atomic E-state index is 12.7. The van der Waals surface area contributed by atoms with Crippen LogP contribution in [0.15, 0.2) is 40.8 Å². The second-order valence-corrected chi connectivity index (χ2v) is 21.4. The van der Waals surface area contributed by atoms with Gasteiger partial charge in [-0.25, -0.2) is 0 Å². The molecule has 4 aliphatic carbocycles. The third-order valence-corrected chi connectivity index (χ3v) is 18.0. The molecular weight excluding hydrogens is 524 g/mol. The number of fused-ring (bicyclic) bond motifs is 5. The molecule has 3 saturated carbocycles. The van der Waals surface area contributed by atoms with Gasteiger partial charge in [0.15, 0.2) is 8.32 Å². The molecule has 0 bridgehead atoms. The molecule has 3 fully saturated rings. The van der Waals surface area contributed by atoms with Gasteiger partial charge in [0, 0.05) is 27.2 Å². The van der Waals surface area contributed by atoms with Crippen LogP contribution in [0.25, 0.3) is 0 Å². The molecule has 0 heterocycles. The first kappa shape index (κ1) is 29.0. The molecule has 4 aliphatic rings. The number of Topliss-reactive ketones (excluding diaryl/α,β-unsaturated/α-hetero) is 1. The number of carbonyl (C=O) groups is 1. The van der Waals surface area contributed by atoms with Gasteiger partial charge in [0.1, 0.15) is 5.78 Å². The van der Waals surface area contributed by atoms with Gasteiger partial charge in [-0.1, -0.05) is 57.9 Å². The van der Waals surface area contributed by atoms with Crippen molar-refractivity contribution >= 4 is 37.5 Å². The van der Waals surface area contributed by atoms with E-state index in [1.165, 1.54) is 37.0 Å². The number of halogens is 1. The smallest absolute Gasteiger partial charge is 0.192 e. The molecular formula is C33H49ClO2SSi. The minimum absolute atomic E-state index is 0.149. The number of thioether (sulfide) groups is 1. The molecule has 1 aromatic rings. The number of benzene rings is 1. The lowest BCUT2D eigenvalue weighted by Crippen LogP contribution is -2.55. The Morgan fingerprint density at radius 3 is 2.34 bits per heavy atom. The lowest BCUT2D eigenvalue weighted by atomic mass is 9.47. The summed E-state index contributed by atoms with van der Waals surface area (Å²) in [6.07, 6.45) is 11.3. The lowest BCUT2D eigenvalue weighted by molar-refractivity contribution is -0.127. The summed E-state index contributed by atoms with van der Waals surface area (Å²) in [5.74, 6) is 2.57. The monoisotopic (exact) mass is 572 g/mol. The summed E-state index contributed by atoms with van der Waals surface area (Å²) in [5, 5.41) is 1.47. The fourth-order valence-electron chi connectivity index (χ4n) is 8.73. The minimum Gasteiger partial charge on any atom is -0.414 e. The zero-order valence-corrected chi connectivity index (χ0v) is 27.5. The lowest BCUT2D eigenvalue weighted by Gasteiger charge is -2.60. The van der Waals surface area contributed by atoms with Crippen molar-refractivity contribution in [1.29, 1.82) is 0 Å². The van der Waals surface area contributed by atoms with Crippen LogP contribution in [0.3, 0.4) is 0 Å². The van der Waals surface area contributed by atoms with Crippen LogP contribution in [0.2, 0.25) is 23.2 Å². The van der Waals surface area contributed by atoms with Crippen LogP contribution in [0.1, 0.15) is 86.5 Å². The highest BCUT2D eigenvalue weighted by atomic mass is 35.5. The van der Waals surface area contributed by atoms with Crippen molar-refractivity contribution in [2.45, 2.75) is 121 Å². The van der Waals surface area contributed by atoms with E-state index in [-0.39, 0.29) is 21.8 Å². The predicted octanol–water partition coefficient (Wildman–Crippen LogP) is 9.97. The Balaban J connectivity index is 1.50. The van der Waals surface area contributed by atoms with Crippen LogP contribution in [0.4, 0.5) is 0 Å². The minimum atomic E-state index is -1.81. The summed E-state index contributed by atoms with van der Waals surface area (Å²) in [6.45, 7) is 18.7. The van der Waals surface area contributed by atoms with Crippen LogP contribution in [0.5, 0.6) is 0 Å². The highest BCUT2D eigenvalue weighted by Crippen LogP contribution is 2.68. The van der Waals surface area contributed by atoms with E-state index in [2.05, 4.69) is 65.9 Å². The summed E-state index contributed by atoms with van der Waals surface area (Å²) < 4.78 is 7.00. The number of hydrogen-bond donors (Lipinski definition) is 0. The quantitative estimate of drug-likeness (QED) is 0.259. The van der Waals surface area contributed by atoms with Crippen molar-refractivity contribution in [2.75, 3.05) is 0 Å². The fourth-order valence-corrected chi connectivity index (χ4v) is 11.6. The Hall–Kier alpha value is -0.553. The van der Waals surface area contributed by atoms with Gasteiger partial charge in [0.2, 0.25) is 0 Å². The molecule has 0 radical (unpaired) electrons. The number of hydrogen-bond acceptors (Lipinski definition) is 3. The first-order chi connectivity index (χ1) is 17.7. The van der Waals surface area contributed by atoms with E-state index < -0.39 is 8.32 Å². The normalized spacial score (nSPS) is 39.1. The van der Waals surface area contributed by atoms with E-state index >= 15 is 0 Å². The van der Waals surface area contributed by atoms with Crippen molar-refractivity contribution in [1.82, 2.24) is 0 Å². The second-order valence-electron chi connectivity index (χ2n) is 15.0. The van der Waals surface area contributed by atoms with Gasteiger partial charge < -0.3 is 4.43 Å². The highest BCUT2D eigenvalue weighted by molar-refractivity contribution is 8.00. The molecule has 5 heteroatoms. The van der Waals surface area contributed by atoms with Crippen LogP contribution >= 0.6 is 23.4 Å².